The van der Waals surface area contributed by atoms with Crippen molar-refractivity contribution in [1.29, 1.82) is 0 Å². The van der Waals surface area contributed by atoms with Gasteiger partial charge in [0.05, 0.1) is 32.5 Å². The van der Waals surface area contributed by atoms with Crippen LogP contribution in [0, 0.1) is 5.92 Å². The second-order valence-corrected chi connectivity index (χ2v) is 6.35. The van der Waals surface area contributed by atoms with Crippen molar-refractivity contribution < 1.29 is 19.3 Å². The fourth-order valence-electron chi connectivity index (χ4n) is 3.52. The zero-order valence-electron chi connectivity index (χ0n) is 15.1. The monoisotopic (exact) mass is 346 g/mol. The SMILES string of the molecule is COc1cc(N2CCC(CCO)CC2)c2cc(OC)c(OC)cc2n1. The molecule has 6 heteroatoms. The number of benzene rings is 1. The summed E-state index contributed by atoms with van der Waals surface area (Å²) in [7, 11) is 4.89. The van der Waals surface area contributed by atoms with Crippen LogP contribution < -0.4 is 19.1 Å². The molecule has 1 aliphatic heterocycles. The lowest BCUT2D eigenvalue weighted by atomic mass is 9.93. The number of aliphatic hydroxyl groups is 1. The molecule has 0 atom stereocenters. The van der Waals surface area contributed by atoms with Gasteiger partial charge in [-0.2, -0.15) is 0 Å². The Balaban J connectivity index is 2.01. The summed E-state index contributed by atoms with van der Waals surface area (Å²) in [6.07, 6.45) is 3.05. The van der Waals surface area contributed by atoms with Crippen molar-refractivity contribution in [2.75, 3.05) is 45.9 Å². The van der Waals surface area contributed by atoms with E-state index >= 15 is 0 Å². The smallest absolute Gasteiger partial charge is 0.215 e. The largest absolute Gasteiger partial charge is 0.493 e. The highest BCUT2D eigenvalue weighted by Gasteiger charge is 2.22. The average Bonchev–Trinajstić information content (AvgIpc) is 2.66. The molecule has 0 bridgehead atoms. The number of pyridine rings is 1. The van der Waals surface area contributed by atoms with E-state index in [0.717, 1.165) is 48.9 Å². The van der Waals surface area contributed by atoms with Gasteiger partial charge in [-0.15, -0.1) is 0 Å². The van der Waals surface area contributed by atoms with E-state index in [2.05, 4.69) is 9.88 Å². The Kier molecular flexibility index (Phi) is 5.48. The number of methoxy groups -OCH3 is 3. The zero-order chi connectivity index (χ0) is 17.8. The molecule has 25 heavy (non-hydrogen) atoms. The van der Waals surface area contributed by atoms with E-state index in [0.29, 0.717) is 23.3 Å². The number of fused-ring (bicyclic) bond motifs is 1. The summed E-state index contributed by atoms with van der Waals surface area (Å²) in [5, 5.41) is 10.2. The summed E-state index contributed by atoms with van der Waals surface area (Å²) >= 11 is 0. The van der Waals surface area contributed by atoms with Crippen LogP contribution in [0.5, 0.6) is 17.4 Å². The van der Waals surface area contributed by atoms with Crippen molar-refractivity contribution in [3.05, 3.63) is 18.2 Å². The molecule has 0 amide bonds. The molecule has 6 nitrogen and oxygen atoms in total. The van der Waals surface area contributed by atoms with Gasteiger partial charge in [-0.25, -0.2) is 4.98 Å². The molecule has 2 heterocycles. The molecule has 1 aromatic heterocycles. The Labute approximate surface area is 148 Å². The van der Waals surface area contributed by atoms with Crippen LogP contribution >= 0.6 is 0 Å². The highest BCUT2D eigenvalue weighted by atomic mass is 16.5. The number of nitrogens with zero attached hydrogens (tertiary/aromatic N) is 2. The summed E-state index contributed by atoms with van der Waals surface area (Å²) < 4.78 is 16.3. The summed E-state index contributed by atoms with van der Waals surface area (Å²) in [5.74, 6) is 2.54. The van der Waals surface area contributed by atoms with Crippen LogP contribution in [0.15, 0.2) is 18.2 Å². The molecule has 1 saturated heterocycles. The molecular formula is C19H26N2O4. The molecule has 0 radical (unpaired) electrons. The predicted molar refractivity (Wildman–Crippen MR) is 98.0 cm³/mol. The first-order chi connectivity index (χ1) is 12.2. The van der Waals surface area contributed by atoms with Crippen LogP contribution in [0.1, 0.15) is 19.3 Å². The Morgan fingerprint density at radius 3 is 2.32 bits per heavy atom. The molecule has 1 aromatic carbocycles. The van der Waals surface area contributed by atoms with Gasteiger partial charge in [0.15, 0.2) is 11.5 Å². The van der Waals surface area contributed by atoms with Gasteiger partial charge in [0.2, 0.25) is 5.88 Å². The average molecular weight is 346 g/mol. The molecule has 0 spiro atoms. The second-order valence-electron chi connectivity index (χ2n) is 6.35. The van der Waals surface area contributed by atoms with Gasteiger partial charge in [-0.05, 0) is 31.2 Å². The standard InChI is InChI=1S/C19H26N2O4/c1-23-17-10-14-15(11-18(17)24-2)20-19(25-3)12-16(14)21-7-4-13(5-8-21)6-9-22/h10-13,22H,4-9H2,1-3H3. The Morgan fingerprint density at radius 1 is 1.04 bits per heavy atom. The second kappa shape index (κ2) is 7.78. The van der Waals surface area contributed by atoms with Crippen molar-refractivity contribution in [1.82, 2.24) is 4.98 Å². The van der Waals surface area contributed by atoms with E-state index in [9.17, 15) is 0 Å². The van der Waals surface area contributed by atoms with Gasteiger partial charge < -0.3 is 24.2 Å². The van der Waals surface area contributed by atoms with Crippen LogP contribution in [0.4, 0.5) is 5.69 Å². The third kappa shape index (κ3) is 3.58. The van der Waals surface area contributed by atoms with Gasteiger partial charge >= 0.3 is 0 Å². The predicted octanol–water partition coefficient (Wildman–Crippen LogP) is 2.86. The maximum atomic E-state index is 9.15. The summed E-state index contributed by atoms with van der Waals surface area (Å²) in [6, 6.07) is 5.86. The number of anilines is 1. The third-order valence-electron chi connectivity index (χ3n) is 4.97. The normalized spacial score (nSPS) is 15.4. The van der Waals surface area contributed by atoms with E-state index in [1.165, 1.54) is 0 Å². The maximum Gasteiger partial charge on any atom is 0.215 e. The molecule has 3 rings (SSSR count). The lowest BCUT2D eigenvalue weighted by molar-refractivity contribution is 0.240. The van der Waals surface area contributed by atoms with Crippen molar-refractivity contribution >= 4 is 16.6 Å². The molecule has 2 aromatic rings. The van der Waals surface area contributed by atoms with Gasteiger partial charge in [-0.1, -0.05) is 0 Å². The van der Waals surface area contributed by atoms with Gasteiger partial charge in [0, 0.05) is 37.2 Å². The minimum absolute atomic E-state index is 0.271. The molecule has 1 N–H and O–H groups in total. The van der Waals surface area contributed by atoms with Crippen molar-refractivity contribution in [3.8, 4) is 17.4 Å². The fraction of sp³-hybridized carbons (Fsp3) is 0.526. The lowest BCUT2D eigenvalue weighted by Gasteiger charge is -2.34. The van der Waals surface area contributed by atoms with E-state index in [1.807, 2.05) is 18.2 Å². The highest BCUT2D eigenvalue weighted by molar-refractivity contribution is 5.94. The van der Waals surface area contributed by atoms with Crippen molar-refractivity contribution in [2.45, 2.75) is 19.3 Å². The Bertz CT molecular complexity index is 727. The molecular weight excluding hydrogens is 320 g/mol. The van der Waals surface area contributed by atoms with Gasteiger partial charge in [-0.3, -0.25) is 0 Å². The number of hydrogen-bond acceptors (Lipinski definition) is 6. The fourth-order valence-corrected chi connectivity index (χ4v) is 3.52. The van der Waals surface area contributed by atoms with E-state index < -0.39 is 0 Å². The van der Waals surface area contributed by atoms with Crippen LogP contribution in [-0.4, -0.2) is 51.1 Å². The van der Waals surface area contributed by atoms with Crippen LogP contribution in [0.2, 0.25) is 0 Å². The van der Waals surface area contributed by atoms with Crippen molar-refractivity contribution in [2.24, 2.45) is 5.92 Å². The minimum atomic E-state index is 0.271. The highest BCUT2D eigenvalue weighted by Crippen LogP contribution is 2.38. The first-order valence-electron chi connectivity index (χ1n) is 8.66. The van der Waals surface area contributed by atoms with E-state index in [-0.39, 0.29) is 6.61 Å². The maximum absolute atomic E-state index is 9.15. The number of hydrogen-bond donors (Lipinski definition) is 1. The molecule has 1 aliphatic rings. The molecule has 0 unspecified atom stereocenters. The first kappa shape index (κ1) is 17.6. The summed E-state index contributed by atoms with van der Waals surface area (Å²) in [6.45, 7) is 2.19. The van der Waals surface area contributed by atoms with Crippen LogP contribution in [-0.2, 0) is 0 Å². The minimum Gasteiger partial charge on any atom is -0.493 e. The first-order valence-corrected chi connectivity index (χ1v) is 8.66. The topological polar surface area (TPSA) is 64.1 Å². The van der Waals surface area contributed by atoms with Gasteiger partial charge in [0.25, 0.3) is 0 Å². The zero-order valence-corrected chi connectivity index (χ0v) is 15.1. The number of aliphatic hydroxyl groups excluding tert-OH is 1. The number of piperidine rings is 1. The number of ether oxygens (including phenoxy) is 3. The summed E-state index contributed by atoms with van der Waals surface area (Å²) in [5.41, 5.74) is 1.93. The Morgan fingerprint density at radius 2 is 1.72 bits per heavy atom. The lowest BCUT2D eigenvalue weighted by Crippen LogP contribution is -2.34. The van der Waals surface area contributed by atoms with Crippen molar-refractivity contribution in [3.63, 3.8) is 0 Å². The summed E-state index contributed by atoms with van der Waals surface area (Å²) in [4.78, 5) is 6.93. The van der Waals surface area contributed by atoms with E-state index in [1.54, 1.807) is 21.3 Å². The Hall–Kier alpha value is -2.21. The molecule has 0 aliphatic carbocycles. The molecule has 0 saturated carbocycles. The molecule has 136 valence electrons. The van der Waals surface area contributed by atoms with E-state index in [4.69, 9.17) is 19.3 Å². The number of rotatable bonds is 6. The molecule has 1 fully saturated rings. The van der Waals surface area contributed by atoms with Crippen LogP contribution in [0.3, 0.4) is 0 Å². The van der Waals surface area contributed by atoms with Crippen LogP contribution in [0.25, 0.3) is 10.9 Å². The van der Waals surface area contributed by atoms with Gasteiger partial charge in [0.1, 0.15) is 0 Å². The third-order valence-corrected chi connectivity index (χ3v) is 4.97. The quantitative estimate of drug-likeness (QED) is 0.868. The number of aromatic nitrogens is 1.